The standard InChI is InChI=1S/C11H17N3O2/c1-9-8-14(4-6-15-9)11(12)13-7-10-3-2-5-16-10/h2-3,5,9H,4,6-8H2,1H3,(H2,12,13). The Bertz CT molecular complexity index is 348. The van der Waals surface area contributed by atoms with Crippen LogP contribution in [0.2, 0.25) is 0 Å². The summed E-state index contributed by atoms with van der Waals surface area (Å²) in [6.45, 7) is 4.83. The van der Waals surface area contributed by atoms with Gasteiger partial charge in [-0.25, -0.2) is 4.99 Å². The number of nitrogens with zero attached hydrogens (tertiary/aromatic N) is 2. The topological polar surface area (TPSA) is 64.0 Å². The highest BCUT2D eigenvalue weighted by molar-refractivity contribution is 5.78. The largest absolute Gasteiger partial charge is 0.467 e. The second-order valence-electron chi connectivity index (χ2n) is 3.88. The number of hydrogen-bond acceptors (Lipinski definition) is 3. The number of aliphatic imine (C=N–C) groups is 1. The molecule has 0 radical (unpaired) electrons. The molecule has 0 bridgehead atoms. The van der Waals surface area contributed by atoms with Crippen molar-refractivity contribution in [2.75, 3.05) is 19.7 Å². The average Bonchev–Trinajstić information content (AvgIpc) is 2.78. The van der Waals surface area contributed by atoms with E-state index in [1.807, 2.05) is 24.0 Å². The molecule has 0 saturated carbocycles. The molecular weight excluding hydrogens is 206 g/mol. The lowest BCUT2D eigenvalue weighted by atomic mass is 10.3. The first-order chi connectivity index (χ1) is 7.75. The Balaban J connectivity index is 1.90. The lowest BCUT2D eigenvalue weighted by molar-refractivity contribution is 0.00528. The van der Waals surface area contributed by atoms with Crippen LogP contribution in [-0.4, -0.2) is 36.7 Å². The van der Waals surface area contributed by atoms with Crippen molar-refractivity contribution in [2.45, 2.75) is 19.6 Å². The molecule has 0 spiro atoms. The average molecular weight is 223 g/mol. The fourth-order valence-corrected chi connectivity index (χ4v) is 1.69. The quantitative estimate of drug-likeness (QED) is 0.595. The molecule has 2 rings (SSSR count). The van der Waals surface area contributed by atoms with Gasteiger partial charge in [0.25, 0.3) is 0 Å². The minimum absolute atomic E-state index is 0.214. The number of furan rings is 1. The van der Waals surface area contributed by atoms with Gasteiger partial charge in [0, 0.05) is 13.1 Å². The first-order valence-corrected chi connectivity index (χ1v) is 5.44. The van der Waals surface area contributed by atoms with E-state index in [-0.39, 0.29) is 6.10 Å². The van der Waals surface area contributed by atoms with E-state index in [1.54, 1.807) is 6.26 Å². The molecule has 5 nitrogen and oxygen atoms in total. The maximum Gasteiger partial charge on any atom is 0.191 e. The summed E-state index contributed by atoms with van der Waals surface area (Å²) in [4.78, 5) is 6.33. The van der Waals surface area contributed by atoms with Crippen LogP contribution >= 0.6 is 0 Å². The molecule has 1 aliphatic heterocycles. The second kappa shape index (κ2) is 5.03. The molecule has 1 fully saturated rings. The minimum Gasteiger partial charge on any atom is -0.467 e. The predicted octanol–water partition coefficient (Wildman–Crippen LogP) is 0.815. The Morgan fingerprint density at radius 3 is 3.25 bits per heavy atom. The third kappa shape index (κ3) is 2.76. The monoisotopic (exact) mass is 223 g/mol. The Morgan fingerprint density at radius 1 is 1.69 bits per heavy atom. The van der Waals surface area contributed by atoms with Gasteiger partial charge in [0.05, 0.1) is 19.0 Å². The van der Waals surface area contributed by atoms with Gasteiger partial charge in [0.2, 0.25) is 0 Å². The molecule has 2 heterocycles. The normalized spacial score (nSPS) is 22.4. The highest BCUT2D eigenvalue weighted by Crippen LogP contribution is 2.05. The van der Waals surface area contributed by atoms with Gasteiger partial charge in [-0.05, 0) is 19.1 Å². The molecule has 1 aromatic heterocycles. The van der Waals surface area contributed by atoms with Crippen molar-refractivity contribution >= 4 is 5.96 Å². The number of nitrogens with two attached hydrogens (primary N) is 1. The third-order valence-corrected chi connectivity index (χ3v) is 2.54. The van der Waals surface area contributed by atoms with Gasteiger partial charge >= 0.3 is 0 Å². The maximum atomic E-state index is 5.91. The first-order valence-electron chi connectivity index (χ1n) is 5.44. The van der Waals surface area contributed by atoms with Crippen molar-refractivity contribution in [3.8, 4) is 0 Å². The zero-order chi connectivity index (χ0) is 11.4. The van der Waals surface area contributed by atoms with Crippen molar-refractivity contribution in [1.82, 2.24) is 4.90 Å². The summed E-state index contributed by atoms with van der Waals surface area (Å²) >= 11 is 0. The van der Waals surface area contributed by atoms with E-state index in [9.17, 15) is 0 Å². The maximum absolute atomic E-state index is 5.91. The summed E-state index contributed by atoms with van der Waals surface area (Å²) in [6, 6.07) is 3.73. The van der Waals surface area contributed by atoms with Crippen LogP contribution in [0.1, 0.15) is 12.7 Å². The highest BCUT2D eigenvalue weighted by Gasteiger charge is 2.17. The van der Waals surface area contributed by atoms with Crippen molar-refractivity contribution in [1.29, 1.82) is 0 Å². The van der Waals surface area contributed by atoms with E-state index in [1.165, 1.54) is 0 Å². The molecule has 2 N–H and O–H groups in total. The summed E-state index contributed by atoms with van der Waals surface area (Å²) < 4.78 is 10.6. The van der Waals surface area contributed by atoms with Crippen LogP contribution < -0.4 is 5.73 Å². The van der Waals surface area contributed by atoms with E-state index >= 15 is 0 Å². The van der Waals surface area contributed by atoms with E-state index < -0.39 is 0 Å². The fraction of sp³-hybridized carbons (Fsp3) is 0.545. The summed E-state index contributed by atoms with van der Waals surface area (Å²) in [5.74, 6) is 1.39. The van der Waals surface area contributed by atoms with E-state index in [0.29, 0.717) is 19.1 Å². The molecule has 0 aliphatic carbocycles. The van der Waals surface area contributed by atoms with Gasteiger partial charge in [-0.2, -0.15) is 0 Å². The Kier molecular flexibility index (Phi) is 3.46. The molecule has 0 amide bonds. The SMILES string of the molecule is CC1CN(C(N)=NCc2ccco2)CCO1. The van der Waals surface area contributed by atoms with Crippen LogP contribution in [0.15, 0.2) is 27.8 Å². The van der Waals surface area contributed by atoms with Gasteiger partial charge in [-0.3, -0.25) is 0 Å². The second-order valence-corrected chi connectivity index (χ2v) is 3.88. The van der Waals surface area contributed by atoms with Crippen LogP contribution in [0.25, 0.3) is 0 Å². The number of hydrogen-bond donors (Lipinski definition) is 1. The molecule has 0 aromatic carbocycles. The van der Waals surface area contributed by atoms with Gasteiger partial charge in [0.15, 0.2) is 5.96 Å². The molecule has 1 atom stereocenters. The molecule has 1 unspecified atom stereocenters. The van der Waals surface area contributed by atoms with Crippen molar-refractivity contribution in [2.24, 2.45) is 10.7 Å². The minimum atomic E-state index is 0.214. The van der Waals surface area contributed by atoms with Gasteiger partial charge in [-0.15, -0.1) is 0 Å². The van der Waals surface area contributed by atoms with E-state index in [0.717, 1.165) is 18.8 Å². The first kappa shape index (κ1) is 11.0. The summed E-state index contributed by atoms with van der Waals surface area (Å²) in [5.41, 5.74) is 5.91. The number of rotatable bonds is 2. The predicted molar refractivity (Wildman–Crippen MR) is 61.0 cm³/mol. The molecule has 1 saturated heterocycles. The van der Waals surface area contributed by atoms with Crippen LogP contribution in [-0.2, 0) is 11.3 Å². The van der Waals surface area contributed by atoms with Crippen molar-refractivity contribution in [3.05, 3.63) is 24.2 Å². The Labute approximate surface area is 94.9 Å². The number of morpholine rings is 1. The van der Waals surface area contributed by atoms with Gasteiger partial charge < -0.3 is 19.8 Å². The molecule has 16 heavy (non-hydrogen) atoms. The molecule has 1 aliphatic rings. The number of guanidine groups is 1. The van der Waals surface area contributed by atoms with Crippen LogP contribution in [0.4, 0.5) is 0 Å². The van der Waals surface area contributed by atoms with Crippen LogP contribution in [0.5, 0.6) is 0 Å². The highest BCUT2D eigenvalue weighted by atomic mass is 16.5. The van der Waals surface area contributed by atoms with Crippen molar-refractivity contribution in [3.63, 3.8) is 0 Å². The van der Waals surface area contributed by atoms with Crippen LogP contribution in [0, 0.1) is 0 Å². The van der Waals surface area contributed by atoms with E-state index in [2.05, 4.69) is 4.99 Å². The molecule has 5 heteroatoms. The lowest BCUT2D eigenvalue weighted by Gasteiger charge is -2.31. The summed E-state index contributed by atoms with van der Waals surface area (Å²) in [5, 5.41) is 0. The Morgan fingerprint density at radius 2 is 2.56 bits per heavy atom. The molecule has 1 aromatic rings. The van der Waals surface area contributed by atoms with Gasteiger partial charge in [0.1, 0.15) is 12.3 Å². The van der Waals surface area contributed by atoms with Gasteiger partial charge in [-0.1, -0.05) is 0 Å². The molecule has 88 valence electrons. The van der Waals surface area contributed by atoms with Crippen LogP contribution in [0.3, 0.4) is 0 Å². The third-order valence-electron chi connectivity index (χ3n) is 2.54. The lowest BCUT2D eigenvalue weighted by Crippen LogP contribution is -2.47. The summed E-state index contributed by atoms with van der Waals surface area (Å²) in [6.07, 6.45) is 1.85. The van der Waals surface area contributed by atoms with Crippen molar-refractivity contribution < 1.29 is 9.15 Å². The smallest absolute Gasteiger partial charge is 0.191 e. The van der Waals surface area contributed by atoms with E-state index in [4.69, 9.17) is 14.9 Å². The Hall–Kier alpha value is -1.49. The zero-order valence-electron chi connectivity index (χ0n) is 9.43. The summed E-state index contributed by atoms with van der Waals surface area (Å²) in [7, 11) is 0. The molecular formula is C11H17N3O2. The number of ether oxygens (including phenoxy) is 1. The zero-order valence-corrected chi connectivity index (χ0v) is 9.43. The fourth-order valence-electron chi connectivity index (χ4n) is 1.69.